The van der Waals surface area contributed by atoms with Gasteiger partial charge in [0.2, 0.25) is 5.90 Å². The normalized spacial score (nSPS) is 16.2. The van der Waals surface area contributed by atoms with E-state index in [2.05, 4.69) is 4.99 Å². The fourth-order valence-corrected chi connectivity index (χ4v) is 2.39. The van der Waals surface area contributed by atoms with Crippen LogP contribution in [0.3, 0.4) is 0 Å². The Kier molecular flexibility index (Phi) is 4.95. The predicted molar refractivity (Wildman–Crippen MR) is 93.4 cm³/mol. The fourth-order valence-electron chi connectivity index (χ4n) is 2.27. The lowest BCUT2D eigenvalue weighted by molar-refractivity contribution is -0.137. The number of aliphatic imine (C=N–C) groups is 1. The Morgan fingerprint density at radius 1 is 1.00 bits per heavy atom. The summed E-state index contributed by atoms with van der Waals surface area (Å²) >= 11 is 5.79. The van der Waals surface area contributed by atoms with Crippen LogP contribution in [0.15, 0.2) is 65.3 Å². The summed E-state index contributed by atoms with van der Waals surface area (Å²) in [7, 11) is 0. The number of esters is 1. The Hall–Kier alpha value is -2.86. The SMILES string of the molecule is O=C1OC(C=Cc2ccc(Cl)cc2)=NC1=Cc1ccccc1C(F)(F)F. The van der Waals surface area contributed by atoms with Gasteiger partial charge in [-0.15, -0.1) is 0 Å². The average Bonchev–Trinajstić information content (AvgIpc) is 2.94. The molecule has 1 aliphatic heterocycles. The summed E-state index contributed by atoms with van der Waals surface area (Å²) in [5.41, 5.74) is -0.398. The molecule has 0 radical (unpaired) electrons. The van der Waals surface area contributed by atoms with Crippen LogP contribution >= 0.6 is 11.6 Å². The van der Waals surface area contributed by atoms with Crippen LogP contribution in [0.2, 0.25) is 5.02 Å². The quantitative estimate of drug-likeness (QED) is 0.533. The molecule has 0 aliphatic carbocycles. The molecule has 7 heteroatoms. The predicted octanol–water partition coefficient (Wildman–Crippen LogP) is 5.37. The molecule has 0 spiro atoms. The zero-order chi connectivity index (χ0) is 18.7. The largest absolute Gasteiger partial charge is 0.416 e. The first-order valence-electron chi connectivity index (χ1n) is 7.45. The summed E-state index contributed by atoms with van der Waals surface area (Å²) in [5, 5.41) is 0.584. The standard InChI is InChI=1S/C19H11ClF3NO2/c20-14-8-5-12(6-9-14)7-10-17-24-16(18(25)26-17)11-13-3-1-2-4-15(13)19(21,22)23/h1-11H. The molecule has 3 rings (SSSR count). The molecule has 0 fully saturated rings. The Morgan fingerprint density at radius 2 is 1.69 bits per heavy atom. The molecule has 2 aromatic carbocycles. The van der Waals surface area contributed by atoms with Gasteiger partial charge in [0.15, 0.2) is 5.70 Å². The van der Waals surface area contributed by atoms with Crippen molar-refractivity contribution in [1.29, 1.82) is 0 Å². The van der Waals surface area contributed by atoms with E-state index in [1.165, 1.54) is 24.3 Å². The summed E-state index contributed by atoms with van der Waals surface area (Å²) in [5.74, 6) is -0.807. The van der Waals surface area contributed by atoms with E-state index in [1.54, 1.807) is 30.3 Å². The maximum Gasteiger partial charge on any atom is 0.416 e. The second-order valence-electron chi connectivity index (χ2n) is 5.34. The Balaban J connectivity index is 1.87. The molecule has 0 amide bonds. The number of nitrogens with zero attached hydrogens (tertiary/aromatic N) is 1. The van der Waals surface area contributed by atoms with Gasteiger partial charge in [-0.1, -0.05) is 41.9 Å². The van der Waals surface area contributed by atoms with Crippen molar-refractivity contribution in [2.45, 2.75) is 6.18 Å². The van der Waals surface area contributed by atoms with Crippen molar-refractivity contribution < 1.29 is 22.7 Å². The molecule has 0 aromatic heterocycles. The molecule has 1 aliphatic rings. The van der Waals surface area contributed by atoms with E-state index in [0.29, 0.717) is 5.02 Å². The number of cyclic esters (lactones) is 1. The molecule has 1 heterocycles. The van der Waals surface area contributed by atoms with Crippen molar-refractivity contribution in [3.63, 3.8) is 0 Å². The van der Waals surface area contributed by atoms with E-state index in [4.69, 9.17) is 16.3 Å². The van der Waals surface area contributed by atoms with E-state index < -0.39 is 17.7 Å². The Morgan fingerprint density at radius 3 is 2.38 bits per heavy atom. The third-order valence-electron chi connectivity index (χ3n) is 3.48. The van der Waals surface area contributed by atoms with Gasteiger partial charge in [-0.2, -0.15) is 13.2 Å². The van der Waals surface area contributed by atoms with Crippen LogP contribution in [-0.4, -0.2) is 11.9 Å². The number of hydrogen-bond donors (Lipinski definition) is 0. The lowest BCUT2D eigenvalue weighted by Gasteiger charge is -2.09. The average molecular weight is 378 g/mol. The summed E-state index contributed by atoms with van der Waals surface area (Å²) in [4.78, 5) is 15.8. The fraction of sp³-hybridized carbons (Fsp3) is 0.0526. The topological polar surface area (TPSA) is 38.7 Å². The minimum Gasteiger partial charge on any atom is -0.403 e. The second-order valence-corrected chi connectivity index (χ2v) is 5.78. The van der Waals surface area contributed by atoms with Gasteiger partial charge in [0.05, 0.1) is 5.56 Å². The third-order valence-corrected chi connectivity index (χ3v) is 3.74. The van der Waals surface area contributed by atoms with Gasteiger partial charge in [-0.05, 0) is 41.5 Å². The number of ether oxygens (including phenoxy) is 1. The van der Waals surface area contributed by atoms with Crippen molar-refractivity contribution in [3.05, 3.63) is 82.0 Å². The second kappa shape index (κ2) is 7.17. The highest BCUT2D eigenvalue weighted by Crippen LogP contribution is 2.33. The number of halogens is 4. The number of carbonyl (C=O) groups excluding carboxylic acids is 1. The Labute approximate surface area is 152 Å². The van der Waals surface area contributed by atoms with Crippen LogP contribution in [-0.2, 0) is 15.7 Å². The molecule has 26 heavy (non-hydrogen) atoms. The molecule has 3 nitrogen and oxygen atoms in total. The monoisotopic (exact) mass is 377 g/mol. The van der Waals surface area contributed by atoms with Crippen LogP contribution in [0.4, 0.5) is 13.2 Å². The van der Waals surface area contributed by atoms with Crippen molar-refractivity contribution in [1.82, 2.24) is 0 Å². The van der Waals surface area contributed by atoms with Gasteiger partial charge < -0.3 is 4.74 Å². The number of rotatable bonds is 3. The minimum atomic E-state index is -4.53. The first kappa shape index (κ1) is 17.9. The van der Waals surface area contributed by atoms with E-state index in [1.807, 2.05) is 0 Å². The van der Waals surface area contributed by atoms with Crippen molar-refractivity contribution in [2.75, 3.05) is 0 Å². The molecule has 0 atom stereocenters. The summed E-state index contributed by atoms with van der Waals surface area (Å²) < 4.78 is 44.1. The summed E-state index contributed by atoms with van der Waals surface area (Å²) in [6.45, 7) is 0. The molecule has 0 N–H and O–H groups in total. The van der Waals surface area contributed by atoms with E-state index in [-0.39, 0.29) is 17.2 Å². The lowest BCUT2D eigenvalue weighted by Crippen LogP contribution is -2.07. The van der Waals surface area contributed by atoms with Crippen LogP contribution in [0.25, 0.3) is 12.2 Å². The number of carbonyl (C=O) groups is 1. The zero-order valence-corrected chi connectivity index (χ0v) is 13.9. The van der Waals surface area contributed by atoms with Gasteiger partial charge in [-0.25, -0.2) is 9.79 Å². The smallest absolute Gasteiger partial charge is 0.403 e. The maximum absolute atomic E-state index is 13.0. The highest BCUT2D eigenvalue weighted by Gasteiger charge is 2.33. The molecular weight excluding hydrogens is 367 g/mol. The van der Waals surface area contributed by atoms with E-state index in [0.717, 1.165) is 17.7 Å². The molecule has 132 valence electrons. The number of hydrogen-bond acceptors (Lipinski definition) is 3. The van der Waals surface area contributed by atoms with E-state index >= 15 is 0 Å². The number of benzene rings is 2. The van der Waals surface area contributed by atoms with Crippen LogP contribution in [0.5, 0.6) is 0 Å². The van der Waals surface area contributed by atoms with Crippen molar-refractivity contribution >= 4 is 35.6 Å². The van der Waals surface area contributed by atoms with Gasteiger partial charge >= 0.3 is 12.1 Å². The van der Waals surface area contributed by atoms with Gasteiger partial charge in [0, 0.05) is 11.1 Å². The molecule has 2 aromatic rings. The minimum absolute atomic E-state index is 0.000639. The van der Waals surface area contributed by atoms with Gasteiger partial charge in [0.1, 0.15) is 0 Å². The van der Waals surface area contributed by atoms with Gasteiger partial charge in [-0.3, -0.25) is 0 Å². The first-order chi connectivity index (χ1) is 12.3. The molecule has 0 unspecified atom stereocenters. The van der Waals surface area contributed by atoms with Crippen molar-refractivity contribution in [2.24, 2.45) is 4.99 Å². The first-order valence-corrected chi connectivity index (χ1v) is 7.83. The van der Waals surface area contributed by atoms with E-state index in [9.17, 15) is 18.0 Å². The molecule has 0 bridgehead atoms. The Bertz CT molecular complexity index is 929. The van der Waals surface area contributed by atoms with Crippen LogP contribution < -0.4 is 0 Å². The highest BCUT2D eigenvalue weighted by atomic mass is 35.5. The van der Waals surface area contributed by atoms with Crippen LogP contribution in [0, 0.1) is 0 Å². The zero-order valence-electron chi connectivity index (χ0n) is 13.1. The van der Waals surface area contributed by atoms with Gasteiger partial charge in [0.25, 0.3) is 0 Å². The maximum atomic E-state index is 13.0. The molecule has 0 saturated carbocycles. The van der Waals surface area contributed by atoms with Crippen molar-refractivity contribution in [3.8, 4) is 0 Å². The third kappa shape index (κ3) is 4.21. The molecular formula is C19H11ClF3NO2. The number of alkyl halides is 3. The summed E-state index contributed by atoms with van der Waals surface area (Å²) in [6.07, 6.45) is -0.363. The summed E-state index contributed by atoms with van der Waals surface area (Å²) in [6, 6.07) is 11.8. The lowest BCUT2D eigenvalue weighted by atomic mass is 10.1. The highest BCUT2D eigenvalue weighted by molar-refractivity contribution is 6.30. The van der Waals surface area contributed by atoms with Crippen LogP contribution in [0.1, 0.15) is 16.7 Å². The molecule has 0 saturated heterocycles.